The molecule has 182 valence electrons. The first kappa shape index (κ1) is 24.1. The Morgan fingerprint density at radius 1 is 1.00 bits per heavy atom. The Labute approximate surface area is 202 Å². The highest BCUT2D eigenvalue weighted by atomic mass is 16.6. The van der Waals surface area contributed by atoms with Gasteiger partial charge in [0.2, 0.25) is 5.91 Å². The molecule has 1 aliphatic heterocycles. The maximum absolute atomic E-state index is 12.8. The molecule has 1 aliphatic carbocycles. The van der Waals surface area contributed by atoms with Gasteiger partial charge in [-0.2, -0.15) is 0 Å². The number of nitrogens with zero attached hydrogens (tertiary/aromatic N) is 1. The number of carbonyl (C=O) groups excluding carboxylic acids is 2. The van der Waals surface area contributed by atoms with Crippen molar-refractivity contribution in [2.45, 2.75) is 63.5 Å². The standard InChI is InChI=1S/C28H36N2O4/c1-33-25-14-11-23(12-15-25)21-29-27(32)34-28(24-9-3-2-4-10-24)17-19-30(20-18-28)26(31)16-13-22-7-5-6-8-22/h2-4,9-12,14-15,22H,5-8,13,16-21H2,1H3,(H,29,32). The van der Waals surface area contributed by atoms with Gasteiger partial charge >= 0.3 is 6.09 Å². The number of ether oxygens (including phenoxy) is 2. The third-order valence-electron chi connectivity index (χ3n) is 7.35. The zero-order valence-corrected chi connectivity index (χ0v) is 20.1. The van der Waals surface area contributed by atoms with Crippen molar-refractivity contribution < 1.29 is 19.1 Å². The summed E-state index contributed by atoms with van der Waals surface area (Å²) in [5.74, 6) is 1.73. The van der Waals surface area contributed by atoms with Crippen molar-refractivity contribution in [2.24, 2.45) is 5.92 Å². The smallest absolute Gasteiger partial charge is 0.408 e. The van der Waals surface area contributed by atoms with Gasteiger partial charge in [0, 0.05) is 38.9 Å². The molecular formula is C28H36N2O4. The number of carbonyl (C=O) groups is 2. The van der Waals surface area contributed by atoms with Crippen LogP contribution in [-0.2, 0) is 21.7 Å². The number of rotatable bonds is 8. The summed E-state index contributed by atoms with van der Waals surface area (Å²) in [6.45, 7) is 1.58. The lowest BCUT2D eigenvalue weighted by Gasteiger charge is -2.41. The predicted octanol–water partition coefficient (Wildman–Crippen LogP) is 5.41. The first-order valence-corrected chi connectivity index (χ1v) is 12.5. The number of hydrogen-bond donors (Lipinski definition) is 1. The fourth-order valence-electron chi connectivity index (χ4n) is 5.22. The molecule has 2 amide bonds. The molecule has 1 saturated heterocycles. The van der Waals surface area contributed by atoms with Crippen LogP contribution in [0.5, 0.6) is 5.75 Å². The lowest BCUT2D eigenvalue weighted by molar-refractivity contribution is -0.136. The van der Waals surface area contributed by atoms with Crippen molar-refractivity contribution in [2.75, 3.05) is 20.2 Å². The molecule has 1 saturated carbocycles. The van der Waals surface area contributed by atoms with Crippen LogP contribution in [0, 0.1) is 5.92 Å². The second-order valence-corrected chi connectivity index (χ2v) is 9.52. The van der Waals surface area contributed by atoms with E-state index in [-0.39, 0.29) is 5.91 Å². The highest BCUT2D eigenvalue weighted by molar-refractivity contribution is 5.76. The van der Waals surface area contributed by atoms with Crippen LogP contribution in [0.1, 0.15) is 62.5 Å². The van der Waals surface area contributed by atoms with Crippen LogP contribution in [0.4, 0.5) is 4.79 Å². The molecule has 1 heterocycles. The molecule has 0 radical (unpaired) electrons. The monoisotopic (exact) mass is 464 g/mol. The lowest BCUT2D eigenvalue weighted by atomic mass is 9.84. The van der Waals surface area contributed by atoms with E-state index in [9.17, 15) is 9.59 Å². The second kappa shape index (κ2) is 11.4. The number of likely N-dealkylation sites (tertiary alicyclic amines) is 1. The molecule has 0 spiro atoms. The Morgan fingerprint density at radius 3 is 2.32 bits per heavy atom. The lowest BCUT2D eigenvalue weighted by Crippen LogP contribution is -2.48. The molecule has 34 heavy (non-hydrogen) atoms. The average molecular weight is 465 g/mol. The zero-order valence-electron chi connectivity index (χ0n) is 20.1. The third-order valence-corrected chi connectivity index (χ3v) is 7.35. The summed E-state index contributed by atoms with van der Waals surface area (Å²) in [7, 11) is 1.63. The molecule has 6 nitrogen and oxygen atoms in total. The van der Waals surface area contributed by atoms with Gasteiger partial charge in [0.25, 0.3) is 0 Å². The van der Waals surface area contributed by atoms with Crippen molar-refractivity contribution in [1.29, 1.82) is 0 Å². The Balaban J connectivity index is 1.35. The minimum Gasteiger partial charge on any atom is -0.497 e. The van der Waals surface area contributed by atoms with Gasteiger partial charge in [0.15, 0.2) is 0 Å². The van der Waals surface area contributed by atoms with Crippen LogP contribution < -0.4 is 10.1 Å². The van der Waals surface area contributed by atoms with E-state index in [4.69, 9.17) is 9.47 Å². The SMILES string of the molecule is COc1ccc(CNC(=O)OC2(c3ccccc3)CCN(C(=O)CCC3CCCC3)CC2)cc1. The summed E-state index contributed by atoms with van der Waals surface area (Å²) in [5, 5.41) is 2.88. The number of nitrogens with one attached hydrogen (secondary N) is 1. The van der Waals surface area contributed by atoms with Crippen molar-refractivity contribution in [1.82, 2.24) is 10.2 Å². The van der Waals surface area contributed by atoms with Gasteiger partial charge in [-0.25, -0.2) is 4.79 Å². The minimum absolute atomic E-state index is 0.234. The van der Waals surface area contributed by atoms with E-state index in [2.05, 4.69) is 5.32 Å². The van der Waals surface area contributed by atoms with E-state index in [1.807, 2.05) is 59.5 Å². The Morgan fingerprint density at radius 2 is 1.68 bits per heavy atom. The molecule has 4 rings (SSSR count). The topological polar surface area (TPSA) is 67.9 Å². The average Bonchev–Trinajstić information content (AvgIpc) is 3.41. The number of amides is 2. The van der Waals surface area contributed by atoms with Crippen LogP contribution in [0.25, 0.3) is 0 Å². The number of piperidine rings is 1. The molecule has 2 aliphatic rings. The number of alkyl carbamates (subject to hydrolysis) is 1. The molecule has 6 heteroatoms. The van der Waals surface area contributed by atoms with E-state index >= 15 is 0 Å². The minimum atomic E-state index is -0.729. The highest BCUT2D eigenvalue weighted by Gasteiger charge is 2.41. The molecular weight excluding hydrogens is 428 g/mol. The van der Waals surface area contributed by atoms with Crippen LogP contribution in [0.2, 0.25) is 0 Å². The van der Waals surface area contributed by atoms with Crippen molar-refractivity contribution >= 4 is 12.0 Å². The molecule has 1 N–H and O–H groups in total. The van der Waals surface area contributed by atoms with Gasteiger partial charge < -0.3 is 19.7 Å². The summed E-state index contributed by atoms with van der Waals surface area (Å²) in [6, 6.07) is 17.5. The fraction of sp³-hybridized carbons (Fsp3) is 0.500. The quantitative estimate of drug-likeness (QED) is 0.567. The first-order valence-electron chi connectivity index (χ1n) is 12.5. The molecule has 2 fully saturated rings. The van der Waals surface area contributed by atoms with Crippen LogP contribution in [-0.4, -0.2) is 37.1 Å². The van der Waals surface area contributed by atoms with Gasteiger partial charge in [0.1, 0.15) is 11.4 Å². The van der Waals surface area contributed by atoms with E-state index in [1.165, 1.54) is 25.7 Å². The summed E-state index contributed by atoms with van der Waals surface area (Å²) in [4.78, 5) is 27.6. The maximum atomic E-state index is 12.8. The van der Waals surface area contributed by atoms with E-state index < -0.39 is 11.7 Å². The molecule has 2 aromatic rings. The largest absolute Gasteiger partial charge is 0.497 e. The summed E-state index contributed by atoms with van der Waals surface area (Å²) in [5.41, 5.74) is 1.22. The normalized spacial score (nSPS) is 17.9. The number of benzene rings is 2. The summed E-state index contributed by atoms with van der Waals surface area (Å²) < 4.78 is 11.3. The van der Waals surface area contributed by atoms with Gasteiger partial charge in [-0.15, -0.1) is 0 Å². The Kier molecular flexibility index (Phi) is 8.09. The van der Waals surface area contributed by atoms with Gasteiger partial charge in [-0.05, 0) is 35.6 Å². The second-order valence-electron chi connectivity index (χ2n) is 9.52. The van der Waals surface area contributed by atoms with Crippen LogP contribution in [0.15, 0.2) is 54.6 Å². The molecule has 0 aromatic heterocycles. The highest BCUT2D eigenvalue weighted by Crippen LogP contribution is 2.37. The van der Waals surface area contributed by atoms with E-state index in [0.29, 0.717) is 38.9 Å². The van der Waals surface area contributed by atoms with Crippen molar-refractivity contribution in [3.05, 3.63) is 65.7 Å². The summed E-state index contributed by atoms with van der Waals surface area (Å²) in [6.07, 6.45) is 7.54. The number of methoxy groups -OCH3 is 1. The van der Waals surface area contributed by atoms with Gasteiger partial charge in [-0.3, -0.25) is 4.79 Å². The van der Waals surface area contributed by atoms with Crippen molar-refractivity contribution in [3.8, 4) is 5.75 Å². The summed E-state index contributed by atoms with van der Waals surface area (Å²) >= 11 is 0. The van der Waals surface area contributed by atoms with Gasteiger partial charge in [0.05, 0.1) is 7.11 Å². The number of hydrogen-bond acceptors (Lipinski definition) is 4. The van der Waals surface area contributed by atoms with Crippen LogP contribution in [0.3, 0.4) is 0 Å². The molecule has 0 unspecified atom stereocenters. The predicted molar refractivity (Wildman–Crippen MR) is 131 cm³/mol. The van der Waals surface area contributed by atoms with E-state index in [1.54, 1.807) is 7.11 Å². The van der Waals surface area contributed by atoms with Crippen LogP contribution >= 0.6 is 0 Å². The molecule has 0 atom stereocenters. The fourth-order valence-corrected chi connectivity index (χ4v) is 5.22. The Hall–Kier alpha value is -3.02. The van der Waals surface area contributed by atoms with E-state index in [0.717, 1.165) is 29.2 Å². The Bertz CT molecular complexity index is 931. The van der Waals surface area contributed by atoms with Crippen molar-refractivity contribution in [3.63, 3.8) is 0 Å². The zero-order chi connectivity index (χ0) is 23.8. The molecule has 2 aromatic carbocycles. The first-order chi connectivity index (χ1) is 16.6. The third kappa shape index (κ3) is 6.10. The molecule has 0 bridgehead atoms. The maximum Gasteiger partial charge on any atom is 0.408 e. The van der Waals surface area contributed by atoms with Gasteiger partial charge in [-0.1, -0.05) is 68.1 Å².